The summed E-state index contributed by atoms with van der Waals surface area (Å²) in [5.74, 6) is 0.850. The van der Waals surface area contributed by atoms with E-state index < -0.39 is 0 Å². The zero-order valence-corrected chi connectivity index (χ0v) is 10.6. The van der Waals surface area contributed by atoms with Gasteiger partial charge in [-0.05, 0) is 38.5 Å². The van der Waals surface area contributed by atoms with Crippen molar-refractivity contribution in [3.8, 4) is 0 Å². The minimum absolute atomic E-state index is 0.0974. The topological polar surface area (TPSA) is 32.3 Å². The number of rotatable bonds is 3. The Balaban J connectivity index is 1.78. The minimum atomic E-state index is -0.0974. The van der Waals surface area contributed by atoms with Crippen LogP contribution in [0.1, 0.15) is 64.7 Å². The molecule has 2 N–H and O–H groups in total. The van der Waals surface area contributed by atoms with E-state index in [0.717, 1.165) is 18.8 Å². The second-order valence-electron chi connectivity index (χ2n) is 5.81. The maximum atomic E-state index is 9.95. The van der Waals surface area contributed by atoms with Crippen LogP contribution >= 0.6 is 0 Å². The lowest BCUT2D eigenvalue weighted by Gasteiger charge is -2.35. The first-order valence-electron chi connectivity index (χ1n) is 7.21. The van der Waals surface area contributed by atoms with Gasteiger partial charge in [0.1, 0.15) is 0 Å². The molecule has 2 heteroatoms. The highest BCUT2D eigenvalue weighted by atomic mass is 16.3. The average Bonchev–Trinajstić information content (AvgIpc) is 2.33. The van der Waals surface area contributed by atoms with Crippen LogP contribution in [0.4, 0.5) is 0 Å². The summed E-state index contributed by atoms with van der Waals surface area (Å²) in [6.07, 6.45) is 11.6. The highest BCUT2D eigenvalue weighted by Crippen LogP contribution is 2.27. The Labute approximate surface area is 99.8 Å². The molecule has 0 saturated heterocycles. The third kappa shape index (κ3) is 3.21. The highest BCUT2D eigenvalue weighted by Gasteiger charge is 2.27. The Hall–Kier alpha value is -0.0800. The van der Waals surface area contributed by atoms with E-state index in [0.29, 0.717) is 12.1 Å². The van der Waals surface area contributed by atoms with Crippen LogP contribution in [-0.2, 0) is 0 Å². The fourth-order valence-corrected chi connectivity index (χ4v) is 3.41. The molecule has 0 unspecified atom stereocenters. The van der Waals surface area contributed by atoms with Crippen molar-refractivity contribution >= 4 is 0 Å². The molecule has 0 aromatic carbocycles. The average molecular weight is 225 g/mol. The Morgan fingerprint density at radius 2 is 1.56 bits per heavy atom. The Morgan fingerprint density at radius 3 is 2.25 bits per heavy atom. The van der Waals surface area contributed by atoms with Gasteiger partial charge in [-0.2, -0.15) is 0 Å². The lowest BCUT2D eigenvalue weighted by Crippen LogP contribution is -2.48. The molecule has 2 rings (SSSR count). The largest absolute Gasteiger partial charge is 0.392 e. The van der Waals surface area contributed by atoms with Crippen LogP contribution < -0.4 is 5.32 Å². The van der Waals surface area contributed by atoms with Gasteiger partial charge in [0.2, 0.25) is 0 Å². The predicted octanol–water partition coefficient (Wildman–Crippen LogP) is 2.85. The first-order chi connectivity index (χ1) is 7.77. The Bertz CT molecular complexity index is 201. The SMILES string of the molecule is C[C@@H](N[C@@H]1CCCC[C@H]1O)C1CCCCC1. The van der Waals surface area contributed by atoms with E-state index >= 15 is 0 Å². The van der Waals surface area contributed by atoms with Gasteiger partial charge in [0.15, 0.2) is 0 Å². The van der Waals surface area contributed by atoms with Gasteiger partial charge < -0.3 is 10.4 Å². The summed E-state index contributed by atoms with van der Waals surface area (Å²) in [6.45, 7) is 2.32. The molecular formula is C14H27NO. The van der Waals surface area contributed by atoms with E-state index in [4.69, 9.17) is 0 Å². The van der Waals surface area contributed by atoms with Crippen molar-refractivity contribution in [2.45, 2.75) is 82.9 Å². The first-order valence-corrected chi connectivity index (χ1v) is 7.21. The van der Waals surface area contributed by atoms with Gasteiger partial charge in [0, 0.05) is 12.1 Å². The maximum absolute atomic E-state index is 9.95. The van der Waals surface area contributed by atoms with Crippen molar-refractivity contribution in [1.29, 1.82) is 0 Å². The number of hydrogen-bond donors (Lipinski definition) is 2. The molecule has 94 valence electrons. The third-order valence-corrected chi connectivity index (χ3v) is 4.56. The summed E-state index contributed by atoms with van der Waals surface area (Å²) in [5.41, 5.74) is 0. The Kier molecular flexibility index (Phi) is 4.66. The van der Waals surface area contributed by atoms with Crippen LogP contribution in [0.5, 0.6) is 0 Å². The zero-order chi connectivity index (χ0) is 11.4. The fraction of sp³-hybridized carbons (Fsp3) is 1.00. The van der Waals surface area contributed by atoms with Crippen molar-refractivity contribution < 1.29 is 5.11 Å². The molecule has 0 aliphatic heterocycles. The van der Waals surface area contributed by atoms with Gasteiger partial charge in [-0.25, -0.2) is 0 Å². The van der Waals surface area contributed by atoms with Crippen molar-refractivity contribution in [3.05, 3.63) is 0 Å². The Morgan fingerprint density at radius 1 is 0.938 bits per heavy atom. The standard InChI is InChI=1S/C14H27NO/c1-11(12-7-3-2-4-8-12)15-13-9-5-6-10-14(13)16/h11-16H,2-10H2,1H3/t11-,13-,14-/m1/s1. The summed E-state index contributed by atoms with van der Waals surface area (Å²) in [5, 5.41) is 13.6. The monoisotopic (exact) mass is 225 g/mol. The molecule has 2 aliphatic carbocycles. The van der Waals surface area contributed by atoms with Crippen molar-refractivity contribution in [3.63, 3.8) is 0 Å². The number of hydrogen-bond acceptors (Lipinski definition) is 2. The molecule has 2 aliphatic rings. The highest BCUT2D eigenvalue weighted by molar-refractivity contribution is 4.85. The second kappa shape index (κ2) is 6.02. The molecule has 0 heterocycles. The van der Waals surface area contributed by atoms with Crippen LogP contribution in [0, 0.1) is 5.92 Å². The second-order valence-corrected chi connectivity index (χ2v) is 5.81. The quantitative estimate of drug-likeness (QED) is 0.774. The number of aliphatic hydroxyl groups excluding tert-OH is 1. The van der Waals surface area contributed by atoms with E-state index in [-0.39, 0.29) is 6.10 Å². The third-order valence-electron chi connectivity index (χ3n) is 4.56. The van der Waals surface area contributed by atoms with E-state index in [9.17, 15) is 5.11 Å². The lowest BCUT2D eigenvalue weighted by molar-refractivity contribution is 0.0788. The van der Waals surface area contributed by atoms with Gasteiger partial charge in [0.25, 0.3) is 0 Å². The molecule has 2 fully saturated rings. The molecule has 0 bridgehead atoms. The van der Waals surface area contributed by atoms with Gasteiger partial charge in [-0.3, -0.25) is 0 Å². The molecule has 0 aromatic rings. The molecule has 0 amide bonds. The van der Waals surface area contributed by atoms with Crippen molar-refractivity contribution in [2.75, 3.05) is 0 Å². The van der Waals surface area contributed by atoms with E-state index in [2.05, 4.69) is 12.2 Å². The predicted molar refractivity (Wildman–Crippen MR) is 67.4 cm³/mol. The number of aliphatic hydroxyl groups is 1. The summed E-state index contributed by atoms with van der Waals surface area (Å²) < 4.78 is 0. The van der Waals surface area contributed by atoms with Crippen molar-refractivity contribution in [1.82, 2.24) is 5.32 Å². The van der Waals surface area contributed by atoms with E-state index in [1.807, 2.05) is 0 Å². The molecular weight excluding hydrogens is 198 g/mol. The number of nitrogens with one attached hydrogen (secondary N) is 1. The lowest BCUT2D eigenvalue weighted by atomic mass is 9.83. The van der Waals surface area contributed by atoms with Gasteiger partial charge in [0.05, 0.1) is 6.10 Å². The summed E-state index contributed by atoms with van der Waals surface area (Å²) >= 11 is 0. The molecule has 2 nitrogen and oxygen atoms in total. The van der Waals surface area contributed by atoms with Crippen LogP contribution in [0.25, 0.3) is 0 Å². The summed E-state index contributed by atoms with van der Waals surface area (Å²) in [7, 11) is 0. The molecule has 0 aromatic heterocycles. The van der Waals surface area contributed by atoms with Gasteiger partial charge in [-0.15, -0.1) is 0 Å². The zero-order valence-electron chi connectivity index (χ0n) is 10.6. The van der Waals surface area contributed by atoms with E-state index in [1.165, 1.54) is 44.9 Å². The molecule has 3 atom stereocenters. The van der Waals surface area contributed by atoms with Crippen LogP contribution in [0.3, 0.4) is 0 Å². The molecule has 0 radical (unpaired) electrons. The van der Waals surface area contributed by atoms with Crippen LogP contribution in [0.2, 0.25) is 0 Å². The smallest absolute Gasteiger partial charge is 0.0693 e. The van der Waals surface area contributed by atoms with Crippen LogP contribution in [0.15, 0.2) is 0 Å². The molecule has 0 spiro atoms. The van der Waals surface area contributed by atoms with Crippen molar-refractivity contribution in [2.24, 2.45) is 5.92 Å². The molecule has 2 saturated carbocycles. The minimum Gasteiger partial charge on any atom is -0.392 e. The van der Waals surface area contributed by atoms with Gasteiger partial charge in [-0.1, -0.05) is 32.1 Å². The van der Waals surface area contributed by atoms with Gasteiger partial charge >= 0.3 is 0 Å². The van der Waals surface area contributed by atoms with E-state index in [1.54, 1.807) is 0 Å². The summed E-state index contributed by atoms with van der Waals surface area (Å²) in [4.78, 5) is 0. The first kappa shape index (κ1) is 12.4. The summed E-state index contributed by atoms with van der Waals surface area (Å²) in [6, 6.07) is 0.962. The fourth-order valence-electron chi connectivity index (χ4n) is 3.41. The van der Waals surface area contributed by atoms with Crippen LogP contribution in [-0.4, -0.2) is 23.3 Å². The maximum Gasteiger partial charge on any atom is 0.0693 e. The molecule has 16 heavy (non-hydrogen) atoms. The normalized spacial score (nSPS) is 34.9.